The molecule has 0 heterocycles. The molecule has 1 aromatic carbocycles. The molecule has 0 aromatic heterocycles. The van der Waals surface area contributed by atoms with Crippen molar-refractivity contribution in [1.82, 2.24) is 4.90 Å². The Labute approximate surface area is 134 Å². The van der Waals surface area contributed by atoms with Crippen LogP contribution >= 0.6 is 0 Å². The van der Waals surface area contributed by atoms with E-state index in [0.717, 1.165) is 12.3 Å². The number of hydrogen-bond donors (Lipinski definition) is 1. The van der Waals surface area contributed by atoms with Gasteiger partial charge in [0, 0.05) is 19.5 Å². The van der Waals surface area contributed by atoms with Crippen LogP contribution in [0.25, 0.3) is 0 Å². The van der Waals surface area contributed by atoms with Crippen molar-refractivity contribution in [2.75, 3.05) is 19.7 Å². The second kappa shape index (κ2) is 8.94. The van der Waals surface area contributed by atoms with Crippen molar-refractivity contribution in [2.45, 2.75) is 45.4 Å². The van der Waals surface area contributed by atoms with E-state index in [1.807, 2.05) is 23.1 Å². The third-order valence-corrected chi connectivity index (χ3v) is 4.74. The SMILES string of the molecule is CC1CCCC(CC(=O)N(CCO)CCc2ccccc2)C1. The van der Waals surface area contributed by atoms with Crippen molar-refractivity contribution in [3.8, 4) is 0 Å². The molecule has 1 amide bonds. The van der Waals surface area contributed by atoms with Gasteiger partial charge < -0.3 is 10.0 Å². The van der Waals surface area contributed by atoms with Gasteiger partial charge in [-0.05, 0) is 36.7 Å². The minimum absolute atomic E-state index is 0.0433. The topological polar surface area (TPSA) is 40.5 Å². The van der Waals surface area contributed by atoms with E-state index in [9.17, 15) is 9.90 Å². The van der Waals surface area contributed by atoms with Gasteiger partial charge in [0.05, 0.1) is 6.61 Å². The van der Waals surface area contributed by atoms with E-state index in [1.54, 1.807) is 0 Å². The fourth-order valence-corrected chi connectivity index (χ4v) is 3.51. The third-order valence-electron chi connectivity index (χ3n) is 4.74. The average molecular weight is 303 g/mol. The number of amides is 1. The van der Waals surface area contributed by atoms with Gasteiger partial charge in [-0.15, -0.1) is 0 Å². The van der Waals surface area contributed by atoms with Crippen LogP contribution in [0.5, 0.6) is 0 Å². The summed E-state index contributed by atoms with van der Waals surface area (Å²) in [6.45, 7) is 3.48. The lowest BCUT2D eigenvalue weighted by atomic mass is 9.80. The standard InChI is InChI=1S/C19H29NO2/c1-16-6-5-9-18(14-16)15-19(22)20(12-13-21)11-10-17-7-3-2-4-8-17/h2-4,7-8,16,18,21H,5-6,9-15H2,1H3. The number of rotatable bonds is 7. The van der Waals surface area contributed by atoms with E-state index in [2.05, 4.69) is 19.1 Å². The van der Waals surface area contributed by atoms with Gasteiger partial charge in [0.2, 0.25) is 5.91 Å². The minimum atomic E-state index is 0.0433. The molecule has 2 unspecified atom stereocenters. The lowest BCUT2D eigenvalue weighted by molar-refractivity contribution is -0.133. The molecule has 1 aromatic rings. The van der Waals surface area contributed by atoms with Crippen LogP contribution in [-0.4, -0.2) is 35.6 Å². The second-order valence-electron chi connectivity index (χ2n) is 6.68. The van der Waals surface area contributed by atoms with Crippen LogP contribution in [-0.2, 0) is 11.2 Å². The Morgan fingerprint density at radius 3 is 2.68 bits per heavy atom. The maximum absolute atomic E-state index is 12.5. The highest BCUT2D eigenvalue weighted by Crippen LogP contribution is 2.31. The summed E-state index contributed by atoms with van der Waals surface area (Å²) in [6.07, 6.45) is 6.42. The minimum Gasteiger partial charge on any atom is -0.395 e. The molecule has 0 saturated heterocycles. The van der Waals surface area contributed by atoms with Crippen molar-refractivity contribution in [3.05, 3.63) is 35.9 Å². The molecule has 0 spiro atoms. The van der Waals surface area contributed by atoms with Crippen LogP contribution in [0.1, 0.15) is 44.6 Å². The van der Waals surface area contributed by atoms with Gasteiger partial charge in [-0.3, -0.25) is 4.79 Å². The molecule has 1 aliphatic rings. The van der Waals surface area contributed by atoms with Crippen LogP contribution < -0.4 is 0 Å². The van der Waals surface area contributed by atoms with Crippen LogP contribution in [0.15, 0.2) is 30.3 Å². The van der Waals surface area contributed by atoms with E-state index < -0.39 is 0 Å². The van der Waals surface area contributed by atoms with Crippen LogP contribution in [0.3, 0.4) is 0 Å². The van der Waals surface area contributed by atoms with Gasteiger partial charge in [-0.2, -0.15) is 0 Å². The van der Waals surface area contributed by atoms with Gasteiger partial charge in [-0.1, -0.05) is 50.1 Å². The Bertz CT molecular complexity index is 446. The Hall–Kier alpha value is -1.35. The monoisotopic (exact) mass is 303 g/mol. The number of benzene rings is 1. The van der Waals surface area contributed by atoms with E-state index in [1.165, 1.54) is 31.2 Å². The van der Waals surface area contributed by atoms with Crippen molar-refractivity contribution in [3.63, 3.8) is 0 Å². The molecule has 2 rings (SSSR count). The Kier molecular flexibility index (Phi) is 6.91. The van der Waals surface area contributed by atoms with Gasteiger partial charge in [0.15, 0.2) is 0 Å². The summed E-state index contributed by atoms with van der Waals surface area (Å²) in [5, 5.41) is 9.24. The zero-order valence-corrected chi connectivity index (χ0v) is 13.7. The van der Waals surface area contributed by atoms with Crippen molar-refractivity contribution in [1.29, 1.82) is 0 Å². The fraction of sp³-hybridized carbons (Fsp3) is 0.632. The summed E-state index contributed by atoms with van der Waals surface area (Å²) in [5.41, 5.74) is 1.24. The average Bonchev–Trinajstić information content (AvgIpc) is 2.52. The van der Waals surface area contributed by atoms with Crippen LogP contribution in [0, 0.1) is 11.8 Å². The Morgan fingerprint density at radius 1 is 1.23 bits per heavy atom. The summed E-state index contributed by atoms with van der Waals surface area (Å²) < 4.78 is 0. The molecule has 122 valence electrons. The van der Waals surface area contributed by atoms with Gasteiger partial charge in [-0.25, -0.2) is 0 Å². The molecule has 2 atom stereocenters. The molecule has 1 fully saturated rings. The first-order chi connectivity index (χ1) is 10.7. The number of hydrogen-bond acceptors (Lipinski definition) is 2. The number of nitrogens with zero attached hydrogens (tertiary/aromatic N) is 1. The summed E-state index contributed by atoms with van der Waals surface area (Å²) in [4.78, 5) is 14.4. The van der Waals surface area contributed by atoms with E-state index in [4.69, 9.17) is 0 Å². The number of aliphatic hydroxyl groups excluding tert-OH is 1. The lowest BCUT2D eigenvalue weighted by Crippen LogP contribution is -2.36. The molecular weight excluding hydrogens is 274 g/mol. The van der Waals surface area contributed by atoms with Crippen LogP contribution in [0.4, 0.5) is 0 Å². The molecule has 0 radical (unpaired) electrons. The predicted molar refractivity (Wildman–Crippen MR) is 89.6 cm³/mol. The molecule has 1 saturated carbocycles. The highest BCUT2D eigenvalue weighted by atomic mass is 16.3. The zero-order valence-electron chi connectivity index (χ0n) is 13.7. The first kappa shape index (κ1) is 17.0. The summed E-state index contributed by atoms with van der Waals surface area (Å²) >= 11 is 0. The quantitative estimate of drug-likeness (QED) is 0.840. The van der Waals surface area contributed by atoms with Crippen molar-refractivity contribution in [2.24, 2.45) is 11.8 Å². The van der Waals surface area contributed by atoms with Gasteiger partial charge in [0.1, 0.15) is 0 Å². The molecular formula is C19H29NO2. The maximum atomic E-state index is 12.5. The predicted octanol–water partition coefficient (Wildman–Crippen LogP) is 3.27. The highest BCUT2D eigenvalue weighted by Gasteiger charge is 2.23. The Balaban J connectivity index is 1.84. The van der Waals surface area contributed by atoms with E-state index in [0.29, 0.717) is 25.4 Å². The fourth-order valence-electron chi connectivity index (χ4n) is 3.51. The zero-order chi connectivity index (χ0) is 15.8. The number of carbonyl (C=O) groups excluding carboxylic acids is 1. The lowest BCUT2D eigenvalue weighted by Gasteiger charge is -2.29. The molecule has 22 heavy (non-hydrogen) atoms. The summed E-state index contributed by atoms with van der Waals surface area (Å²) in [6, 6.07) is 10.2. The Morgan fingerprint density at radius 2 is 2.00 bits per heavy atom. The van der Waals surface area contributed by atoms with Gasteiger partial charge in [0.25, 0.3) is 0 Å². The molecule has 0 bridgehead atoms. The van der Waals surface area contributed by atoms with Crippen molar-refractivity contribution < 1.29 is 9.90 Å². The van der Waals surface area contributed by atoms with Crippen molar-refractivity contribution >= 4 is 5.91 Å². The van der Waals surface area contributed by atoms with Crippen LogP contribution in [0.2, 0.25) is 0 Å². The molecule has 3 heteroatoms. The number of carbonyl (C=O) groups is 1. The highest BCUT2D eigenvalue weighted by molar-refractivity contribution is 5.76. The van der Waals surface area contributed by atoms with E-state index in [-0.39, 0.29) is 12.5 Å². The molecule has 0 aliphatic heterocycles. The molecule has 1 N–H and O–H groups in total. The number of aliphatic hydroxyl groups is 1. The summed E-state index contributed by atoms with van der Waals surface area (Å²) in [5.74, 6) is 1.50. The largest absolute Gasteiger partial charge is 0.395 e. The first-order valence-electron chi connectivity index (χ1n) is 8.61. The van der Waals surface area contributed by atoms with E-state index >= 15 is 0 Å². The normalized spacial score (nSPS) is 21.5. The van der Waals surface area contributed by atoms with Gasteiger partial charge >= 0.3 is 0 Å². The maximum Gasteiger partial charge on any atom is 0.222 e. The first-order valence-corrected chi connectivity index (χ1v) is 8.61. The second-order valence-corrected chi connectivity index (χ2v) is 6.68. The molecule has 1 aliphatic carbocycles. The summed E-state index contributed by atoms with van der Waals surface area (Å²) in [7, 11) is 0. The third kappa shape index (κ3) is 5.45. The molecule has 3 nitrogen and oxygen atoms in total. The smallest absolute Gasteiger partial charge is 0.222 e.